The van der Waals surface area contributed by atoms with Gasteiger partial charge in [0, 0.05) is 23.8 Å². The van der Waals surface area contributed by atoms with E-state index < -0.39 is 0 Å². The van der Waals surface area contributed by atoms with Gasteiger partial charge in [0.15, 0.2) is 0 Å². The number of hydrogen-bond acceptors (Lipinski definition) is 3. The van der Waals surface area contributed by atoms with Gasteiger partial charge >= 0.3 is 0 Å². The average Bonchev–Trinajstić information content (AvgIpc) is 2.52. The Morgan fingerprint density at radius 3 is 3.12 bits per heavy atom. The molecule has 0 radical (unpaired) electrons. The van der Waals surface area contributed by atoms with E-state index in [4.69, 9.17) is 4.74 Å². The monoisotopic (exact) mass is 400 g/mol. The van der Waals surface area contributed by atoms with Gasteiger partial charge in [0.05, 0.1) is 22.9 Å². The van der Waals surface area contributed by atoms with Crippen molar-refractivity contribution in [3.05, 3.63) is 0 Å². The number of rotatable bonds is 0. The number of hydrogen-bond donors (Lipinski definition) is 1. The number of nitrogens with zero attached hydrogens (tertiary/aromatic N) is 1. The van der Waals surface area contributed by atoms with Crippen molar-refractivity contribution < 1.29 is 4.74 Å². The van der Waals surface area contributed by atoms with Crippen LogP contribution in [-0.4, -0.2) is 45.7 Å². The van der Waals surface area contributed by atoms with Crippen LogP contribution in [0.1, 0.15) is 19.3 Å². The molecule has 0 aromatic heterocycles. The molecule has 92 valence electrons. The van der Waals surface area contributed by atoms with Crippen LogP contribution in [0.5, 0.6) is 0 Å². The third-order valence-corrected chi connectivity index (χ3v) is 5.62. The Kier molecular flexibility index (Phi) is 3.79. The van der Waals surface area contributed by atoms with Crippen LogP contribution in [-0.2, 0) is 4.74 Å². The lowest BCUT2D eigenvalue weighted by Gasteiger charge is -2.37. The highest BCUT2D eigenvalue weighted by atomic mass is 127. The highest BCUT2D eigenvalue weighted by molar-refractivity contribution is 14.1. The molecule has 3 fully saturated rings. The molecule has 0 bridgehead atoms. The summed E-state index contributed by atoms with van der Waals surface area (Å²) in [6.07, 6.45) is 4.79. The van der Waals surface area contributed by atoms with Crippen molar-refractivity contribution in [2.45, 2.75) is 40.4 Å². The first-order chi connectivity index (χ1) is 7.74. The molecule has 2 heterocycles. The van der Waals surface area contributed by atoms with E-state index in [0.717, 1.165) is 13.2 Å². The highest BCUT2D eigenvalue weighted by Crippen LogP contribution is 2.37. The minimum Gasteiger partial charge on any atom is -0.376 e. The van der Waals surface area contributed by atoms with Crippen LogP contribution < -0.4 is 5.32 Å². The maximum absolute atomic E-state index is 6.03. The van der Waals surface area contributed by atoms with Gasteiger partial charge in [-0.15, -0.1) is 0 Å². The van der Waals surface area contributed by atoms with Crippen LogP contribution in [0.25, 0.3) is 0 Å². The van der Waals surface area contributed by atoms with E-state index >= 15 is 0 Å². The SMILES string of the molecule is BrC1CCC2C(C1)OCCN1CC(I)NC21. The molecule has 1 saturated carbocycles. The Hall–Kier alpha value is 1.09. The van der Waals surface area contributed by atoms with Crippen molar-refractivity contribution >= 4 is 38.5 Å². The van der Waals surface area contributed by atoms with Crippen molar-refractivity contribution in [3.63, 3.8) is 0 Å². The van der Waals surface area contributed by atoms with Crippen LogP contribution in [0.15, 0.2) is 0 Å². The molecule has 5 atom stereocenters. The predicted molar refractivity (Wildman–Crippen MR) is 76.1 cm³/mol. The molecule has 3 aliphatic rings. The predicted octanol–water partition coefficient (Wildman–Crippen LogP) is 1.94. The Labute approximate surface area is 119 Å². The normalized spacial score (nSPS) is 49.5. The molecule has 2 saturated heterocycles. The summed E-state index contributed by atoms with van der Waals surface area (Å²) in [5.41, 5.74) is 0. The van der Waals surface area contributed by atoms with E-state index in [1.54, 1.807) is 0 Å². The third kappa shape index (κ3) is 2.30. The fraction of sp³-hybridized carbons (Fsp3) is 1.00. The molecule has 0 aromatic rings. The summed E-state index contributed by atoms with van der Waals surface area (Å²) in [4.78, 5) is 3.24. The Balaban J connectivity index is 1.77. The Bertz CT molecular complexity index is 268. The van der Waals surface area contributed by atoms with Gasteiger partial charge in [-0.25, -0.2) is 0 Å². The van der Waals surface area contributed by atoms with Gasteiger partial charge in [-0.2, -0.15) is 0 Å². The van der Waals surface area contributed by atoms with Crippen LogP contribution in [0, 0.1) is 5.92 Å². The summed E-state index contributed by atoms with van der Waals surface area (Å²) < 4.78 is 6.65. The summed E-state index contributed by atoms with van der Waals surface area (Å²) >= 11 is 6.26. The standard InChI is InChI=1S/C11H18BrIN2O/c12-7-1-2-8-9(5-7)16-4-3-15-6-10(13)14-11(8)15/h7-11,14H,1-6H2. The summed E-state index contributed by atoms with van der Waals surface area (Å²) in [6, 6.07) is 0. The minimum atomic E-state index is 0.460. The second-order valence-corrected chi connectivity index (χ2v) is 7.86. The fourth-order valence-electron chi connectivity index (χ4n) is 3.27. The van der Waals surface area contributed by atoms with E-state index in [-0.39, 0.29) is 0 Å². The lowest BCUT2D eigenvalue weighted by molar-refractivity contribution is -0.00109. The van der Waals surface area contributed by atoms with Crippen molar-refractivity contribution in [2.75, 3.05) is 19.7 Å². The zero-order valence-electron chi connectivity index (χ0n) is 9.24. The van der Waals surface area contributed by atoms with Gasteiger partial charge in [-0.1, -0.05) is 38.5 Å². The van der Waals surface area contributed by atoms with Gasteiger partial charge in [0.25, 0.3) is 0 Å². The van der Waals surface area contributed by atoms with Crippen LogP contribution in [0.2, 0.25) is 0 Å². The van der Waals surface area contributed by atoms with Gasteiger partial charge in [-0.05, 0) is 19.3 Å². The molecule has 2 aliphatic heterocycles. The molecule has 3 rings (SSSR count). The van der Waals surface area contributed by atoms with Crippen LogP contribution >= 0.6 is 38.5 Å². The van der Waals surface area contributed by atoms with E-state index in [1.165, 1.54) is 25.8 Å². The number of fused-ring (bicyclic) bond motifs is 3. The molecule has 1 N–H and O–H groups in total. The largest absolute Gasteiger partial charge is 0.376 e. The average molecular weight is 401 g/mol. The molecular weight excluding hydrogens is 383 g/mol. The number of ether oxygens (including phenoxy) is 1. The van der Waals surface area contributed by atoms with E-state index in [1.807, 2.05) is 0 Å². The van der Waals surface area contributed by atoms with E-state index in [0.29, 0.717) is 27.1 Å². The van der Waals surface area contributed by atoms with Crippen molar-refractivity contribution in [3.8, 4) is 0 Å². The smallest absolute Gasteiger partial charge is 0.0735 e. The lowest BCUT2D eigenvalue weighted by Crippen LogP contribution is -2.47. The summed E-state index contributed by atoms with van der Waals surface area (Å²) in [7, 11) is 0. The fourth-order valence-corrected chi connectivity index (χ4v) is 4.77. The third-order valence-electron chi connectivity index (χ3n) is 4.03. The maximum Gasteiger partial charge on any atom is 0.0735 e. The molecule has 0 amide bonds. The second kappa shape index (κ2) is 4.99. The van der Waals surface area contributed by atoms with Gasteiger partial charge in [0.2, 0.25) is 0 Å². The first-order valence-corrected chi connectivity index (χ1v) is 8.30. The van der Waals surface area contributed by atoms with Gasteiger partial charge in [-0.3, -0.25) is 10.2 Å². The summed E-state index contributed by atoms with van der Waals surface area (Å²) in [5.74, 6) is 0.691. The molecule has 5 unspecified atom stereocenters. The van der Waals surface area contributed by atoms with Crippen molar-refractivity contribution in [1.29, 1.82) is 0 Å². The van der Waals surface area contributed by atoms with Gasteiger partial charge in [0.1, 0.15) is 0 Å². The molecule has 1 aliphatic carbocycles. The minimum absolute atomic E-state index is 0.460. The molecule has 0 aromatic carbocycles. The first kappa shape index (κ1) is 12.1. The highest BCUT2D eigenvalue weighted by Gasteiger charge is 2.43. The number of nitrogens with one attached hydrogen (secondary N) is 1. The van der Waals surface area contributed by atoms with E-state index in [9.17, 15) is 0 Å². The second-order valence-electron chi connectivity index (χ2n) is 5.06. The van der Waals surface area contributed by atoms with Crippen LogP contribution in [0.3, 0.4) is 0 Å². The quantitative estimate of drug-likeness (QED) is 0.382. The number of halogens is 2. The molecule has 16 heavy (non-hydrogen) atoms. The van der Waals surface area contributed by atoms with Crippen LogP contribution in [0.4, 0.5) is 0 Å². The Morgan fingerprint density at radius 1 is 1.38 bits per heavy atom. The summed E-state index contributed by atoms with van der Waals surface area (Å²) in [5, 5.41) is 3.73. The molecule has 3 nitrogen and oxygen atoms in total. The molecule has 0 spiro atoms. The summed E-state index contributed by atoms with van der Waals surface area (Å²) in [6.45, 7) is 3.18. The zero-order valence-corrected chi connectivity index (χ0v) is 13.0. The lowest BCUT2D eigenvalue weighted by atomic mass is 9.84. The maximum atomic E-state index is 6.03. The zero-order chi connectivity index (χ0) is 11.1. The van der Waals surface area contributed by atoms with Gasteiger partial charge < -0.3 is 4.74 Å². The topological polar surface area (TPSA) is 24.5 Å². The number of alkyl halides is 2. The first-order valence-electron chi connectivity index (χ1n) is 6.14. The molecular formula is C11H18BrIN2O. The van der Waals surface area contributed by atoms with E-state index in [2.05, 4.69) is 48.7 Å². The molecule has 5 heteroatoms. The van der Waals surface area contributed by atoms with Crippen molar-refractivity contribution in [1.82, 2.24) is 10.2 Å². The van der Waals surface area contributed by atoms with Crippen molar-refractivity contribution in [2.24, 2.45) is 5.92 Å². The Morgan fingerprint density at radius 2 is 2.25 bits per heavy atom.